The van der Waals surface area contributed by atoms with E-state index in [0.29, 0.717) is 12.6 Å². The highest BCUT2D eigenvalue weighted by molar-refractivity contribution is 5.05. The van der Waals surface area contributed by atoms with Crippen LogP contribution in [0.15, 0.2) is 24.4 Å². The van der Waals surface area contributed by atoms with Crippen LogP contribution in [-0.2, 0) is 6.42 Å². The molecule has 0 amide bonds. The number of rotatable bonds is 9. The van der Waals surface area contributed by atoms with E-state index >= 15 is 0 Å². The molecular formula is C13H24N4. The molecule has 0 radical (unpaired) electrons. The normalized spacial score (nSPS) is 12.6. The van der Waals surface area contributed by atoms with Crippen molar-refractivity contribution >= 4 is 0 Å². The van der Waals surface area contributed by atoms with Gasteiger partial charge in [0, 0.05) is 50.5 Å². The summed E-state index contributed by atoms with van der Waals surface area (Å²) in [5.41, 5.74) is 6.56. The Bertz CT molecular complexity index is 276. The zero-order valence-electron chi connectivity index (χ0n) is 10.7. The number of nitrogens with zero attached hydrogens (tertiary/aromatic N) is 1. The molecule has 1 rings (SSSR count). The van der Waals surface area contributed by atoms with Crippen LogP contribution in [0.1, 0.15) is 19.0 Å². The summed E-state index contributed by atoms with van der Waals surface area (Å²) in [5, 5.41) is 6.81. The quantitative estimate of drug-likeness (QED) is 0.548. The molecule has 0 spiro atoms. The molecule has 0 aliphatic rings. The first-order chi connectivity index (χ1) is 8.36. The van der Waals surface area contributed by atoms with E-state index in [1.165, 1.54) is 0 Å². The zero-order chi connectivity index (χ0) is 12.3. The lowest BCUT2D eigenvalue weighted by Gasteiger charge is -2.16. The number of nitrogens with two attached hydrogens (primary N) is 1. The number of hydrogen-bond donors (Lipinski definition) is 3. The second kappa shape index (κ2) is 9.10. The fourth-order valence-corrected chi connectivity index (χ4v) is 1.72. The van der Waals surface area contributed by atoms with Crippen LogP contribution in [0.3, 0.4) is 0 Å². The predicted octanol–water partition coefficient (Wildman–Crippen LogP) is 0.541. The Labute approximate surface area is 104 Å². The maximum Gasteiger partial charge on any atom is 0.0419 e. The van der Waals surface area contributed by atoms with E-state index in [-0.39, 0.29) is 0 Å². The van der Waals surface area contributed by atoms with E-state index in [2.05, 4.69) is 28.6 Å². The summed E-state index contributed by atoms with van der Waals surface area (Å²) in [6, 6.07) is 6.58. The molecule has 4 heteroatoms. The minimum Gasteiger partial charge on any atom is -0.329 e. The lowest BCUT2D eigenvalue weighted by Crippen LogP contribution is -2.37. The van der Waals surface area contributed by atoms with Crippen LogP contribution in [0, 0.1) is 0 Å². The SMILES string of the molecule is CCC(Cc1ccccn1)NCCNCCN. The van der Waals surface area contributed by atoms with Crippen LogP contribution in [-0.4, -0.2) is 37.2 Å². The summed E-state index contributed by atoms with van der Waals surface area (Å²) in [4.78, 5) is 4.35. The van der Waals surface area contributed by atoms with Crippen LogP contribution < -0.4 is 16.4 Å². The van der Waals surface area contributed by atoms with Gasteiger partial charge in [-0.25, -0.2) is 0 Å². The predicted molar refractivity (Wildman–Crippen MR) is 71.9 cm³/mol. The number of nitrogens with one attached hydrogen (secondary N) is 2. The van der Waals surface area contributed by atoms with Crippen LogP contribution in [0.4, 0.5) is 0 Å². The van der Waals surface area contributed by atoms with Crippen molar-refractivity contribution in [2.75, 3.05) is 26.2 Å². The van der Waals surface area contributed by atoms with Crippen molar-refractivity contribution in [2.45, 2.75) is 25.8 Å². The minimum absolute atomic E-state index is 0.504. The molecular weight excluding hydrogens is 212 g/mol. The van der Waals surface area contributed by atoms with Gasteiger partial charge >= 0.3 is 0 Å². The average molecular weight is 236 g/mol. The van der Waals surface area contributed by atoms with E-state index in [0.717, 1.165) is 38.2 Å². The molecule has 1 heterocycles. The van der Waals surface area contributed by atoms with E-state index < -0.39 is 0 Å². The van der Waals surface area contributed by atoms with Crippen molar-refractivity contribution < 1.29 is 0 Å². The van der Waals surface area contributed by atoms with Gasteiger partial charge in [-0.3, -0.25) is 4.98 Å². The Balaban J connectivity index is 2.20. The van der Waals surface area contributed by atoms with E-state index in [9.17, 15) is 0 Å². The topological polar surface area (TPSA) is 63.0 Å². The molecule has 1 aromatic heterocycles. The smallest absolute Gasteiger partial charge is 0.0419 e. The van der Waals surface area contributed by atoms with Gasteiger partial charge in [-0.1, -0.05) is 13.0 Å². The first kappa shape index (κ1) is 14.1. The highest BCUT2D eigenvalue weighted by atomic mass is 15.0. The Hall–Kier alpha value is -0.970. The summed E-state index contributed by atoms with van der Waals surface area (Å²) in [6.07, 6.45) is 3.96. The lowest BCUT2D eigenvalue weighted by atomic mass is 10.1. The van der Waals surface area contributed by atoms with E-state index in [1.54, 1.807) is 0 Å². The molecule has 4 nitrogen and oxygen atoms in total. The second-order valence-corrected chi connectivity index (χ2v) is 4.12. The highest BCUT2D eigenvalue weighted by Crippen LogP contribution is 2.01. The monoisotopic (exact) mass is 236 g/mol. The van der Waals surface area contributed by atoms with Gasteiger partial charge in [0.15, 0.2) is 0 Å². The van der Waals surface area contributed by atoms with Gasteiger partial charge in [0.1, 0.15) is 0 Å². The minimum atomic E-state index is 0.504. The maximum atomic E-state index is 5.41. The maximum absolute atomic E-state index is 5.41. The highest BCUT2D eigenvalue weighted by Gasteiger charge is 2.06. The first-order valence-electron chi connectivity index (χ1n) is 6.41. The van der Waals surface area contributed by atoms with Crippen molar-refractivity contribution in [1.29, 1.82) is 0 Å². The van der Waals surface area contributed by atoms with Gasteiger partial charge in [-0.2, -0.15) is 0 Å². The van der Waals surface area contributed by atoms with Gasteiger partial charge in [-0.15, -0.1) is 0 Å². The third-order valence-electron chi connectivity index (χ3n) is 2.73. The van der Waals surface area contributed by atoms with Gasteiger partial charge in [-0.05, 0) is 18.6 Å². The molecule has 0 aliphatic heterocycles. The van der Waals surface area contributed by atoms with E-state index in [4.69, 9.17) is 5.73 Å². The molecule has 0 aromatic carbocycles. The zero-order valence-corrected chi connectivity index (χ0v) is 10.7. The summed E-state index contributed by atoms with van der Waals surface area (Å²) >= 11 is 0. The third-order valence-corrected chi connectivity index (χ3v) is 2.73. The van der Waals surface area contributed by atoms with Gasteiger partial charge in [0.25, 0.3) is 0 Å². The Morgan fingerprint density at radius 2 is 2.18 bits per heavy atom. The average Bonchev–Trinajstić information content (AvgIpc) is 2.38. The van der Waals surface area contributed by atoms with Crippen molar-refractivity contribution in [3.8, 4) is 0 Å². The first-order valence-corrected chi connectivity index (χ1v) is 6.41. The fraction of sp³-hybridized carbons (Fsp3) is 0.615. The Morgan fingerprint density at radius 3 is 2.82 bits per heavy atom. The number of hydrogen-bond acceptors (Lipinski definition) is 4. The van der Waals surface area contributed by atoms with Crippen LogP contribution in [0.5, 0.6) is 0 Å². The van der Waals surface area contributed by atoms with Crippen molar-refractivity contribution in [2.24, 2.45) is 5.73 Å². The molecule has 1 aromatic rings. The number of pyridine rings is 1. The fourth-order valence-electron chi connectivity index (χ4n) is 1.72. The molecule has 0 aliphatic carbocycles. The molecule has 1 atom stereocenters. The lowest BCUT2D eigenvalue weighted by molar-refractivity contribution is 0.482. The van der Waals surface area contributed by atoms with Crippen LogP contribution >= 0.6 is 0 Å². The molecule has 0 saturated heterocycles. The van der Waals surface area contributed by atoms with Crippen LogP contribution in [0.2, 0.25) is 0 Å². The van der Waals surface area contributed by atoms with Crippen LogP contribution in [0.25, 0.3) is 0 Å². The molecule has 0 fully saturated rings. The summed E-state index contributed by atoms with van der Waals surface area (Å²) in [7, 11) is 0. The number of aromatic nitrogens is 1. The Kier molecular flexibility index (Phi) is 7.54. The molecule has 4 N–H and O–H groups in total. The Morgan fingerprint density at radius 1 is 1.29 bits per heavy atom. The molecule has 96 valence electrons. The van der Waals surface area contributed by atoms with Crippen molar-refractivity contribution in [3.63, 3.8) is 0 Å². The summed E-state index contributed by atoms with van der Waals surface area (Å²) < 4.78 is 0. The van der Waals surface area contributed by atoms with Crippen molar-refractivity contribution in [3.05, 3.63) is 30.1 Å². The van der Waals surface area contributed by atoms with Gasteiger partial charge in [0.05, 0.1) is 0 Å². The van der Waals surface area contributed by atoms with E-state index in [1.807, 2.05) is 18.3 Å². The summed E-state index contributed by atoms with van der Waals surface area (Å²) in [6.45, 7) is 5.74. The van der Waals surface area contributed by atoms with Gasteiger partial charge in [0.2, 0.25) is 0 Å². The van der Waals surface area contributed by atoms with Crippen molar-refractivity contribution in [1.82, 2.24) is 15.6 Å². The third kappa shape index (κ3) is 6.36. The molecule has 1 unspecified atom stereocenters. The largest absolute Gasteiger partial charge is 0.329 e. The summed E-state index contributed by atoms with van der Waals surface area (Å²) in [5.74, 6) is 0. The van der Waals surface area contributed by atoms with Gasteiger partial charge < -0.3 is 16.4 Å². The molecule has 0 bridgehead atoms. The molecule has 0 saturated carbocycles. The molecule has 17 heavy (non-hydrogen) atoms. The second-order valence-electron chi connectivity index (χ2n) is 4.12. The standard InChI is InChI=1S/C13H24N4/c1-2-12(17-10-9-15-8-6-14)11-13-5-3-4-7-16-13/h3-5,7,12,15,17H,2,6,8-11,14H2,1H3.